The summed E-state index contributed by atoms with van der Waals surface area (Å²) in [5, 5.41) is 3.23. The maximum absolute atomic E-state index is 13.1. The summed E-state index contributed by atoms with van der Waals surface area (Å²) in [6.07, 6.45) is 3.20. The van der Waals surface area contributed by atoms with E-state index in [0.717, 1.165) is 32.6 Å². The highest BCUT2D eigenvalue weighted by Crippen LogP contribution is 2.22. The zero-order valence-electron chi connectivity index (χ0n) is 13.2. The number of benzene rings is 1. The van der Waals surface area contributed by atoms with Crippen molar-refractivity contribution in [1.82, 2.24) is 14.5 Å². The summed E-state index contributed by atoms with van der Waals surface area (Å²) in [7, 11) is -3.59. The Labute approximate surface area is 137 Å². The highest BCUT2D eigenvalue weighted by atomic mass is 32.2. The first-order valence-electron chi connectivity index (χ1n) is 8.28. The minimum Gasteiger partial charge on any atom is -0.315 e. The van der Waals surface area contributed by atoms with Crippen molar-refractivity contribution in [1.29, 1.82) is 0 Å². The van der Waals surface area contributed by atoms with Crippen LogP contribution in [0.4, 0.5) is 4.39 Å². The molecule has 2 aliphatic rings. The van der Waals surface area contributed by atoms with Crippen LogP contribution in [0.25, 0.3) is 0 Å². The topological polar surface area (TPSA) is 52.7 Å². The van der Waals surface area contributed by atoms with E-state index in [4.69, 9.17) is 0 Å². The van der Waals surface area contributed by atoms with Gasteiger partial charge in [-0.25, -0.2) is 12.8 Å². The van der Waals surface area contributed by atoms with Gasteiger partial charge in [-0.1, -0.05) is 0 Å². The zero-order valence-corrected chi connectivity index (χ0v) is 14.1. The molecular weight excluding hydrogens is 317 g/mol. The fraction of sp³-hybridized carbons (Fsp3) is 0.625. The normalized spacial score (nSPS) is 23.0. The second kappa shape index (κ2) is 7.25. The Morgan fingerprint density at radius 3 is 2.52 bits per heavy atom. The van der Waals surface area contributed by atoms with Crippen LogP contribution in [-0.4, -0.2) is 62.9 Å². The summed E-state index contributed by atoms with van der Waals surface area (Å²) in [5.41, 5.74) is 0. The van der Waals surface area contributed by atoms with E-state index in [1.165, 1.54) is 37.1 Å². The molecule has 0 amide bonds. The lowest BCUT2D eigenvalue weighted by Gasteiger charge is -2.29. The molecule has 5 nitrogen and oxygen atoms in total. The minimum absolute atomic E-state index is 0.0207. The fourth-order valence-electron chi connectivity index (χ4n) is 3.37. The average Bonchev–Trinajstić information content (AvgIpc) is 3.21. The predicted molar refractivity (Wildman–Crippen MR) is 87.2 cm³/mol. The Morgan fingerprint density at radius 2 is 1.91 bits per heavy atom. The van der Waals surface area contributed by atoms with Gasteiger partial charge in [-0.15, -0.1) is 0 Å². The van der Waals surface area contributed by atoms with Gasteiger partial charge in [0.05, 0.1) is 4.90 Å². The third-order valence-corrected chi connectivity index (χ3v) is 6.66. The van der Waals surface area contributed by atoms with Crippen molar-refractivity contribution in [3.8, 4) is 0 Å². The summed E-state index contributed by atoms with van der Waals surface area (Å²) in [6.45, 7) is 4.87. The zero-order chi connectivity index (χ0) is 16.3. The molecule has 1 unspecified atom stereocenters. The number of nitrogens with zero attached hydrogens (tertiary/aromatic N) is 2. The van der Waals surface area contributed by atoms with Crippen molar-refractivity contribution in [2.24, 2.45) is 0 Å². The first-order valence-corrected chi connectivity index (χ1v) is 9.72. The molecule has 1 aromatic rings. The molecule has 2 fully saturated rings. The highest BCUT2D eigenvalue weighted by molar-refractivity contribution is 7.89. The Bertz CT molecular complexity index is 609. The van der Waals surface area contributed by atoms with Crippen LogP contribution in [0.2, 0.25) is 0 Å². The number of nitrogens with one attached hydrogen (secondary N) is 1. The van der Waals surface area contributed by atoms with Crippen LogP contribution in [0.1, 0.15) is 19.3 Å². The molecule has 2 saturated heterocycles. The van der Waals surface area contributed by atoms with Crippen LogP contribution >= 0.6 is 0 Å². The Hall–Kier alpha value is -1.02. The molecule has 1 aromatic carbocycles. The van der Waals surface area contributed by atoms with Gasteiger partial charge in [0.1, 0.15) is 5.82 Å². The van der Waals surface area contributed by atoms with Crippen LogP contribution in [0.3, 0.4) is 0 Å². The van der Waals surface area contributed by atoms with E-state index in [-0.39, 0.29) is 10.9 Å². The first-order chi connectivity index (χ1) is 11.1. The third-order valence-electron chi connectivity index (χ3n) is 4.70. The van der Waals surface area contributed by atoms with Crippen molar-refractivity contribution >= 4 is 10.0 Å². The van der Waals surface area contributed by atoms with E-state index < -0.39 is 15.8 Å². The molecule has 23 heavy (non-hydrogen) atoms. The minimum atomic E-state index is -3.59. The summed E-state index contributed by atoms with van der Waals surface area (Å²) in [6, 6.07) is 5.11. The van der Waals surface area contributed by atoms with Crippen molar-refractivity contribution in [2.45, 2.75) is 30.2 Å². The monoisotopic (exact) mass is 341 g/mol. The fourth-order valence-corrected chi connectivity index (χ4v) is 5.02. The number of likely N-dealkylation sites (tertiary alicyclic amines) is 1. The van der Waals surface area contributed by atoms with Gasteiger partial charge in [0.25, 0.3) is 0 Å². The van der Waals surface area contributed by atoms with Gasteiger partial charge in [0.15, 0.2) is 0 Å². The van der Waals surface area contributed by atoms with E-state index in [2.05, 4.69) is 10.2 Å². The second-order valence-corrected chi connectivity index (χ2v) is 8.16. The summed E-state index contributed by atoms with van der Waals surface area (Å²) < 4.78 is 40.7. The molecule has 0 saturated carbocycles. The van der Waals surface area contributed by atoms with Crippen LogP contribution < -0.4 is 5.32 Å². The Kier molecular flexibility index (Phi) is 5.31. The molecule has 7 heteroatoms. The van der Waals surface area contributed by atoms with Gasteiger partial charge in [0, 0.05) is 25.7 Å². The molecular formula is C16H24FN3O2S. The van der Waals surface area contributed by atoms with Gasteiger partial charge in [-0.2, -0.15) is 4.31 Å². The number of halogens is 1. The SMILES string of the molecule is O=S(=O)(c1ccc(F)cc1)N(CCN1CCCC1)C1CCNC1. The maximum Gasteiger partial charge on any atom is 0.243 e. The Morgan fingerprint density at radius 1 is 1.22 bits per heavy atom. The van der Waals surface area contributed by atoms with Crippen LogP contribution in [0.15, 0.2) is 29.2 Å². The van der Waals surface area contributed by atoms with Gasteiger partial charge >= 0.3 is 0 Å². The standard InChI is InChI=1S/C16H24FN3O2S/c17-14-3-5-16(6-4-14)23(21,22)20(15-7-8-18-13-15)12-11-19-9-1-2-10-19/h3-6,15,18H,1-2,7-13H2. The van der Waals surface area contributed by atoms with Gasteiger partial charge < -0.3 is 10.2 Å². The smallest absolute Gasteiger partial charge is 0.243 e. The summed E-state index contributed by atoms with van der Waals surface area (Å²) in [4.78, 5) is 2.49. The van der Waals surface area contributed by atoms with Crippen molar-refractivity contribution in [2.75, 3.05) is 39.3 Å². The van der Waals surface area contributed by atoms with Crippen molar-refractivity contribution in [3.05, 3.63) is 30.1 Å². The molecule has 128 valence electrons. The molecule has 0 aliphatic carbocycles. The lowest BCUT2D eigenvalue weighted by atomic mass is 10.2. The van der Waals surface area contributed by atoms with E-state index >= 15 is 0 Å². The largest absolute Gasteiger partial charge is 0.315 e. The van der Waals surface area contributed by atoms with Crippen LogP contribution in [0.5, 0.6) is 0 Å². The van der Waals surface area contributed by atoms with E-state index in [0.29, 0.717) is 13.1 Å². The van der Waals surface area contributed by atoms with Crippen LogP contribution in [0, 0.1) is 5.82 Å². The molecule has 0 bridgehead atoms. The lowest BCUT2D eigenvalue weighted by molar-refractivity contribution is 0.265. The second-order valence-electron chi connectivity index (χ2n) is 6.27. The van der Waals surface area contributed by atoms with E-state index in [1.807, 2.05) is 0 Å². The first kappa shape index (κ1) is 16.8. The van der Waals surface area contributed by atoms with Gasteiger partial charge in [0.2, 0.25) is 10.0 Å². The van der Waals surface area contributed by atoms with Crippen molar-refractivity contribution < 1.29 is 12.8 Å². The molecule has 2 aliphatic heterocycles. The Balaban J connectivity index is 1.79. The van der Waals surface area contributed by atoms with Gasteiger partial charge in [-0.3, -0.25) is 0 Å². The molecule has 1 N–H and O–H groups in total. The lowest BCUT2D eigenvalue weighted by Crippen LogP contribution is -2.45. The summed E-state index contributed by atoms with van der Waals surface area (Å²) >= 11 is 0. The number of hydrogen-bond donors (Lipinski definition) is 1. The molecule has 0 aromatic heterocycles. The quantitative estimate of drug-likeness (QED) is 0.847. The van der Waals surface area contributed by atoms with E-state index in [9.17, 15) is 12.8 Å². The average molecular weight is 341 g/mol. The molecule has 3 rings (SSSR count). The number of hydrogen-bond acceptors (Lipinski definition) is 4. The van der Waals surface area contributed by atoms with Crippen molar-refractivity contribution in [3.63, 3.8) is 0 Å². The molecule has 0 radical (unpaired) electrons. The molecule has 0 spiro atoms. The van der Waals surface area contributed by atoms with Crippen LogP contribution in [-0.2, 0) is 10.0 Å². The molecule has 1 atom stereocenters. The number of sulfonamides is 1. The maximum atomic E-state index is 13.1. The molecule has 2 heterocycles. The highest BCUT2D eigenvalue weighted by Gasteiger charge is 2.33. The predicted octanol–water partition coefficient (Wildman–Crippen LogP) is 1.27. The summed E-state index contributed by atoms with van der Waals surface area (Å²) in [5.74, 6) is -0.421. The number of rotatable bonds is 6. The van der Waals surface area contributed by atoms with E-state index in [1.54, 1.807) is 4.31 Å². The third kappa shape index (κ3) is 3.91. The van der Waals surface area contributed by atoms with Gasteiger partial charge in [-0.05, 0) is 63.2 Å².